The summed E-state index contributed by atoms with van der Waals surface area (Å²) in [5.74, 6) is 0.181. The molecule has 8 heteroatoms. The number of rotatable bonds is 4. The normalized spacial score (nSPS) is 24.1. The van der Waals surface area contributed by atoms with Crippen molar-refractivity contribution < 1.29 is 14.0 Å². The molecule has 1 aliphatic heterocycles. The summed E-state index contributed by atoms with van der Waals surface area (Å²) < 4.78 is 15.8. The van der Waals surface area contributed by atoms with Crippen LogP contribution in [-0.2, 0) is 16.1 Å². The number of amides is 1. The zero-order valence-electron chi connectivity index (χ0n) is 17.6. The first-order valence-electron chi connectivity index (χ1n) is 10.9. The van der Waals surface area contributed by atoms with Gasteiger partial charge in [-0.2, -0.15) is 5.10 Å². The lowest BCUT2D eigenvalue weighted by atomic mass is 9.79. The second-order valence-electron chi connectivity index (χ2n) is 8.66. The van der Waals surface area contributed by atoms with E-state index in [-0.39, 0.29) is 23.7 Å². The summed E-state index contributed by atoms with van der Waals surface area (Å²) >= 11 is 0. The first-order chi connectivity index (χ1) is 15.1. The van der Waals surface area contributed by atoms with E-state index >= 15 is 0 Å². The lowest BCUT2D eigenvalue weighted by Crippen LogP contribution is -2.36. The topological polar surface area (TPSA) is 72.6 Å². The molecular weight excluding hydrogens is 397 g/mol. The number of halogens is 1. The summed E-state index contributed by atoms with van der Waals surface area (Å²) in [5.41, 5.74) is 3.15. The lowest BCUT2D eigenvalue weighted by molar-refractivity contribution is -0.183. The van der Waals surface area contributed by atoms with Crippen LogP contribution in [0.2, 0.25) is 0 Å². The number of nitrogens with zero attached hydrogens (tertiary/aromatic N) is 5. The van der Waals surface area contributed by atoms with Crippen molar-refractivity contribution >= 4 is 11.6 Å². The molecule has 0 N–H and O–H groups in total. The van der Waals surface area contributed by atoms with Crippen molar-refractivity contribution in [3.63, 3.8) is 0 Å². The smallest absolute Gasteiger partial charge is 0.249 e. The Kier molecular flexibility index (Phi) is 5.40. The number of pyridine rings is 2. The van der Waals surface area contributed by atoms with Crippen LogP contribution >= 0.6 is 0 Å². The number of hydrogen-bond acceptors (Lipinski definition) is 5. The van der Waals surface area contributed by atoms with Gasteiger partial charge in [0, 0.05) is 24.7 Å². The third-order valence-corrected chi connectivity index (χ3v) is 6.61. The molecule has 2 fully saturated rings. The highest BCUT2D eigenvalue weighted by atomic mass is 19.1. The molecule has 1 aliphatic carbocycles. The lowest BCUT2D eigenvalue weighted by Gasteiger charge is -2.32. The molecule has 0 unspecified atom stereocenters. The minimum Gasteiger partial charge on any atom is -0.272 e. The highest BCUT2D eigenvalue weighted by molar-refractivity contribution is 5.78. The number of carbonyl (C=O) groups excluding carboxylic acids is 1. The highest BCUT2D eigenvalue weighted by Gasteiger charge is 2.37. The van der Waals surface area contributed by atoms with E-state index in [9.17, 15) is 9.18 Å². The Morgan fingerprint density at radius 3 is 2.84 bits per heavy atom. The number of hydrogen-bond donors (Lipinski definition) is 0. The zero-order valence-corrected chi connectivity index (χ0v) is 17.6. The van der Waals surface area contributed by atoms with Crippen LogP contribution in [0.1, 0.15) is 55.0 Å². The second kappa shape index (κ2) is 8.34. The molecule has 1 saturated heterocycles. The Bertz CT molecular complexity index is 1090. The van der Waals surface area contributed by atoms with Crippen LogP contribution in [0, 0.1) is 24.6 Å². The van der Waals surface area contributed by atoms with E-state index in [0.717, 1.165) is 37.8 Å². The van der Waals surface area contributed by atoms with Gasteiger partial charge in [0.05, 0.1) is 18.3 Å². The van der Waals surface area contributed by atoms with Gasteiger partial charge in [0.25, 0.3) is 0 Å². The Labute approximate surface area is 180 Å². The zero-order chi connectivity index (χ0) is 21.4. The largest absolute Gasteiger partial charge is 0.272 e. The van der Waals surface area contributed by atoms with Crippen molar-refractivity contribution in [2.24, 2.45) is 11.8 Å². The van der Waals surface area contributed by atoms with E-state index < -0.39 is 0 Å². The first kappa shape index (κ1) is 20.1. The van der Waals surface area contributed by atoms with Gasteiger partial charge in [0.2, 0.25) is 5.91 Å². The molecule has 2 aliphatic rings. The van der Waals surface area contributed by atoms with Gasteiger partial charge >= 0.3 is 0 Å². The van der Waals surface area contributed by atoms with E-state index in [4.69, 9.17) is 4.84 Å². The van der Waals surface area contributed by atoms with Crippen molar-refractivity contribution in [2.45, 2.75) is 51.5 Å². The number of aryl methyl sites for hydroxylation is 1. The molecular formula is C23H26FN5O2. The molecule has 3 aromatic heterocycles. The predicted molar refractivity (Wildman–Crippen MR) is 111 cm³/mol. The van der Waals surface area contributed by atoms with E-state index in [0.29, 0.717) is 30.2 Å². The van der Waals surface area contributed by atoms with Gasteiger partial charge in [-0.15, -0.1) is 0 Å². The third-order valence-electron chi connectivity index (χ3n) is 6.61. The molecule has 31 heavy (non-hydrogen) atoms. The van der Waals surface area contributed by atoms with Gasteiger partial charge in [0.1, 0.15) is 12.1 Å². The Morgan fingerprint density at radius 1 is 1.19 bits per heavy atom. The summed E-state index contributed by atoms with van der Waals surface area (Å²) in [6.07, 6.45) is 10.6. The highest BCUT2D eigenvalue weighted by Crippen LogP contribution is 2.37. The van der Waals surface area contributed by atoms with E-state index in [2.05, 4.69) is 21.1 Å². The van der Waals surface area contributed by atoms with Crippen molar-refractivity contribution in [1.29, 1.82) is 0 Å². The summed E-state index contributed by atoms with van der Waals surface area (Å²) in [5, 5.41) is 5.69. The van der Waals surface area contributed by atoms with Gasteiger partial charge < -0.3 is 0 Å². The number of hydroxylamine groups is 2. The molecule has 1 amide bonds. The minimum atomic E-state index is -0.346. The molecule has 0 radical (unpaired) electrons. The monoisotopic (exact) mass is 423 g/mol. The molecule has 5 rings (SSSR count). The van der Waals surface area contributed by atoms with Crippen molar-refractivity contribution in [3.8, 4) is 0 Å². The molecule has 0 spiro atoms. The predicted octanol–water partition coefficient (Wildman–Crippen LogP) is 3.83. The van der Waals surface area contributed by atoms with Gasteiger partial charge in [-0.3, -0.25) is 14.6 Å². The minimum absolute atomic E-state index is 0.0194. The average molecular weight is 423 g/mol. The number of aromatic nitrogens is 4. The van der Waals surface area contributed by atoms with Gasteiger partial charge in [0.15, 0.2) is 5.65 Å². The maximum Gasteiger partial charge on any atom is 0.249 e. The molecule has 0 bridgehead atoms. The SMILES string of the molecule is Cc1ncc([C@@H]2CCON2C(=O)C2CCC(Cc3ccc4ncnn4c3)CC2)cc1F. The summed E-state index contributed by atoms with van der Waals surface area (Å²) in [4.78, 5) is 27.2. The molecule has 3 aromatic rings. The van der Waals surface area contributed by atoms with E-state index in [1.807, 2.05) is 12.3 Å². The number of carbonyl (C=O) groups is 1. The fraction of sp³-hybridized carbons (Fsp3) is 0.478. The van der Waals surface area contributed by atoms with E-state index in [1.165, 1.54) is 16.7 Å². The maximum atomic E-state index is 14.0. The molecule has 162 valence electrons. The van der Waals surface area contributed by atoms with Crippen molar-refractivity contribution in [3.05, 3.63) is 59.6 Å². The summed E-state index contributed by atoms with van der Waals surface area (Å²) in [7, 11) is 0. The Balaban J connectivity index is 1.20. The Morgan fingerprint density at radius 2 is 2.03 bits per heavy atom. The average Bonchev–Trinajstić information content (AvgIpc) is 3.45. The van der Waals surface area contributed by atoms with Crippen LogP contribution in [-0.4, -0.2) is 37.2 Å². The maximum absolute atomic E-state index is 14.0. The van der Waals surface area contributed by atoms with Gasteiger partial charge in [-0.25, -0.2) is 19.0 Å². The summed E-state index contributed by atoms with van der Waals surface area (Å²) in [6.45, 7) is 2.10. The number of fused-ring (bicyclic) bond motifs is 1. The first-order valence-corrected chi connectivity index (χ1v) is 10.9. The molecule has 1 atom stereocenters. The van der Waals surface area contributed by atoms with Crippen LogP contribution in [0.5, 0.6) is 0 Å². The van der Waals surface area contributed by atoms with Crippen LogP contribution in [0.3, 0.4) is 0 Å². The molecule has 4 heterocycles. The van der Waals surface area contributed by atoms with Crippen molar-refractivity contribution in [1.82, 2.24) is 24.6 Å². The molecule has 1 saturated carbocycles. The summed E-state index contributed by atoms with van der Waals surface area (Å²) in [6, 6.07) is 5.32. The fourth-order valence-electron chi connectivity index (χ4n) is 4.80. The van der Waals surface area contributed by atoms with E-state index in [1.54, 1.807) is 24.0 Å². The fourth-order valence-corrected chi connectivity index (χ4v) is 4.80. The van der Waals surface area contributed by atoms with Crippen LogP contribution in [0.15, 0.2) is 36.9 Å². The van der Waals surface area contributed by atoms with Crippen LogP contribution in [0.25, 0.3) is 5.65 Å². The standard InChI is InChI=1S/C23H26FN5O2/c1-15-20(24)11-19(12-25-15)21-8-9-31-29(21)23(30)18-5-2-16(3-6-18)10-17-4-7-22-26-14-27-28(22)13-17/h4,7,11-14,16,18,21H,2-3,5-6,8-10H2,1H3/t16?,18?,21-/m0/s1. The Hall–Kier alpha value is -2.87. The third kappa shape index (κ3) is 4.04. The van der Waals surface area contributed by atoms with Crippen LogP contribution in [0.4, 0.5) is 4.39 Å². The van der Waals surface area contributed by atoms with Gasteiger partial charge in [-0.05, 0) is 68.2 Å². The molecule has 7 nitrogen and oxygen atoms in total. The second-order valence-corrected chi connectivity index (χ2v) is 8.66. The van der Waals surface area contributed by atoms with Gasteiger partial charge in [-0.1, -0.05) is 6.07 Å². The quantitative estimate of drug-likeness (QED) is 0.638. The molecule has 0 aromatic carbocycles. The van der Waals surface area contributed by atoms with Crippen molar-refractivity contribution in [2.75, 3.05) is 6.61 Å². The van der Waals surface area contributed by atoms with Crippen LogP contribution < -0.4 is 0 Å².